The van der Waals surface area contributed by atoms with E-state index in [-0.39, 0.29) is 24.1 Å². The molecule has 3 rings (SSSR count). The first kappa shape index (κ1) is 28.0. The van der Waals surface area contributed by atoms with E-state index >= 15 is 0 Å². The van der Waals surface area contributed by atoms with Crippen LogP contribution in [0.3, 0.4) is 0 Å². The van der Waals surface area contributed by atoms with Gasteiger partial charge in [0.25, 0.3) is 0 Å². The average Bonchev–Trinajstić information content (AvgIpc) is 2.91. The second-order valence-electron chi connectivity index (χ2n) is 9.12. The molecule has 0 spiro atoms. The van der Waals surface area contributed by atoms with Gasteiger partial charge < -0.3 is 24.3 Å². The van der Waals surface area contributed by atoms with Crippen molar-refractivity contribution in [2.75, 3.05) is 40.3 Å². The molecule has 0 heterocycles. The highest BCUT2D eigenvalue weighted by Gasteiger charge is 2.30. The number of carbonyl (C=O) groups excluding carboxylic acids is 2. The van der Waals surface area contributed by atoms with E-state index in [0.29, 0.717) is 22.3 Å². The molecule has 1 aliphatic carbocycles. The number of anilines is 1. The Morgan fingerprint density at radius 2 is 1.19 bits per heavy atom. The van der Waals surface area contributed by atoms with Crippen LogP contribution in [-0.4, -0.2) is 59.1 Å². The molecule has 7 heteroatoms. The monoisotopic (exact) mass is 497 g/mol. The number of methoxy groups -OCH3 is 4. The van der Waals surface area contributed by atoms with Crippen LogP contribution in [0, 0.1) is 0 Å². The summed E-state index contributed by atoms with van der Waals surface area (Å²) in [5.41, 5.74) is 3.86. The van der Waals surface area contributed by atoms with Gasteiger partial charge in [-0.1, -0.05) is 18.6 Å². The second-order valence-corrected chi connectivity index (χ2v) is 9.12. The molecule has 0 bridgehead atoms. The van der Waals surface area contributed by atoms with Crippen LogP contribution < -0.4 is 5.32 Å². The van der Waals surface area contributed by atoms with Crippen molar-refractivity contribution in [2.24, 2.45) is 0 Å². The topological polar surface area (TPSA) is 83.1 Å². The van der Waals surface area contributed by atoms with Gasteiger partial charge in [-0.2, -0.15) is 0 Å². The minimum atomic E-state index is -0.178. The van der Waals surface area contributed by atoms with E-state index in [0.717, 1.165) is 69.2 Å². The SMILES string of the molecule is COC(CCCCCc1ccc2c(c1)C(=O)c1ccc(NCCCCC(OC)OC)cc1C2=O)OC. The molecule has 1 N–H and O–H groups in total. The lowest BCUT2D eigenvalue weighted by molar-refractivity contribution is -0.107. The summed E-state index contributed by atoms with van der Waals surface area (Å²) in [6, 6.07) is 11.1. The Morgan fingerprint density at radius 1 is 0.639 bits per heavy atom. The zero-order valence-electron chi connectivity index (χ0n) is 21.9. The maximum Gasteiger partial charge on any atom is 0.194 e. The zero-order chi connectivity index (χ0) is 25.9. The number of fused-ring (bicyclic) bond motifs is 2. The molecule has 0 aromatic heterocycles. The second kappa shape index (κ2) is 14.2. The fraction of sp³-hybridized carbons (Fsp3) is 0.517. The van der Waals surface area contributed by atoms with Gasteiger partial charge in [0.15, 0.2) is 24.1 Å². The number of rotatable bonds is 16. The molecule has 2 aromatic rings. The van der Waals surface area contributed by atoms with Gasteiger partial charge >= 0.3 is 0 Å². The highest BCUT2D eigenvalue weighted by atomic mass is 16.7. The molecular formula is C29H39NO6. The molecule has 0 saturated heterocycles. The zero-order valence-corrected chi connectivity index (χ0v) is 21.9. The van der Waals surface area contributed by atoms with Crippen LogP contribution in [0.15, 0.2) is 36.4 Å². The largest absolute Gasteiger partial charge is 0.385 e. The van der Waals surface area contributed by atoms with Crippen LogP contribution in [-0.2, 0) is 25.4 Å². The van der Waals surface area contributed by atoms with E-state index in [1.807, 2.05) is 24.3 Å². The van der Waals surface area contributed by atoms with Crippen molar-refractivity contribution in [1.82, 2.24) is 0 Å². The summed E-state index contributed by atoms with van der Waals surface area (Å²) < 4.78 is 20.9. The Hall–Kier alpha value is -2.58. The van der Waals surface area contributed by atoms with Crippen molar-refractivity contribution in [3.05, 3.63) is 64.2 Å². The van der Waals surface area contributed by atoms with E-state index in [1.54, 1.807) is 40.6 Å². The normalized spacial score (nSPS) is 12.8. The van der Waals surface area contributed by atoms with Crippen LogP contribution in [0.4, 0.5) is 5.69 Å². The quantitative estimate of drug-likeness (QED) is 0.210. The van der Waals surface area contributed by atoms with Crippen LogP contribution in [0.25, 0.3) is 0 Å². The number of hydrogen-bond acceptors (Lipinski definition) is 7. The number of ether oxygens (including phenoxy) is 4. The summed E-state index contributed by atoms with van der Waals surface area (Å²) in [7, 11) is 6.58. The molecule has 2 aromatic carbocycles. The van der Waals surface area contributed by atoms with Crippen molar-refractivity contribution in [3.63, 3.8) is 0 Å². The molecule has 0 unspecified atom stereocenters. The van der Waals surface area contributed by atoms with Crippen LogP contribution in [0.2, 0.25) is 0 Å². The van der Waals surface area contributed by atoms with Crippen LogP contribution >= 0.6 is 0 Å². The smallest absolute Gasteiger partial charge is 0.194 e. The highest BCUT2D eigenvalue weighted by Crippen LogP contribution is 2.30. The van der Waals surface area contributed by atoms with Crippen molar-refractivity contribution < 1.29 is 28.5 Å². The Balaban J connectivity index is 1.56. The molecule has 0 radical (unpaired) electrons. The van der Waals surface area contributed by atoms with E-state index in [4.69, 9.17) is 18.9 Å². The lowest BCUT2D eigenvalue weighted by Crippen LogP contribution is -2.21. The molecule has 7 nitrogen and oxygen atoms in total. The lowest BCUT2D eigenvalue weighted by Gasteiger charge is -2.19. The number of unbranched alkanes of at least 4 members (excludes halogenated alkanes) is 3. The molecule has 196 valence electrons. The first-order valence-electron chi connectivity index (χ1n) is 12.7. The molecule has 1 aliphatic rings. The van der Waals surface area contributed by atoms with Crippen LogP contribution in [0.5, 0.6) is 0 Å². The van der Waals surface area contributed by atoms with E-state index in [1.165, 1.54) is 0 Å². The van der Waals surface area contributed by atoms with Crippen molar-refractivity contribution in [3.8, 4) is 0 Å². The van der Waals surface area contributed by atoms with Gasteiger partial charge in [0.1, 0.15) is 0 Å². The third-order valence-electron chi connectivity index (χ3n) is 6.73. The minimum Gasteiger partial charge on any atom is -0.385 e. The van der Waals surface area contributed by atoms with Crippen molar-refractivity contribution in [1.29, 1.82) is 0 Å². The molecule has 0 aliphatic heterocycles. The van der Waals surface area contributed by atoms with Gasteiger partial charge in [0.05, 0.1) is 0 Å². The molecule has 36 heavy (non-hydrogen) atoms. The molecule has 0 fully saturated rings. The summed E-state index contributed by atoms with van der Waals surface area (Å²) >= 11 is 0. The Morgan fingerprint density at radius 3 is 1.81 bits per heavy atom. The lowest BCUT2D eigenvalue weighted by atomic mass is 9.82. The third-order valence-corrected chi connectivity index (χ3v) is 6.73. The molecular weight excluding hydrogens is 458 g/mol. The number of benzene rings is 2. The Bertz CT molecular complexity index is 931. The van der Waals surface area contributed by atoms with Gasteiger partial charge in [-0.3, -0.25) is 9.59 Å². The number of hydrogen-bond donors (Lipinski definition) is 1. The summed E-state index contributed by atoms with van der Waals surface area (Å²) in [5.74, 6) is -0.177. The maximum absolute atomic E-state index is 13.2. The standard InChI is InChI=1S/C29H39NO6/c1-33-26(34-2)11-7-5-6-10-20-13-15-22-24(18-20)28(31)23-16-14-21(19-25(23)29(22)32)30-17-9-8-12-27(35-3)36-4/h13-16,18-19,26-27,30H,5-12,17H2,1-4H3. The first-order chi connectivity index (χ1) is 17.5. The van der Waals surface area contributed by atoms with Gasteiger partial charge in [-0.25, -0.2) is 0 Å². The first-order valence-corrected chi connectivity index (χ1v) is 12.7. The van der Waals surface area contributed by atoms with E-state index in [9.17, 15) is 9.59 Å². The van der Waals surface area contributed by atoms with Gasteiger partial charge in [-0.05, 0) is 74.8 Å². The third kappa shape index (κ3) is 7.23. The fourth-order valence-corrected chi connectivity index (χ4v) is 4.61. The van der Waals surface area contributed by atoms with E-state index in [2.05, 4.69) is 5.32 Å². The van der Waals surface area contributed by atoms with Crippen molar-refractivity contribution in [2.45, 2.75) is 63.9 Å². The predicted molar refractivity (Wildman–Crippen MR) is 140 cm³/mol. The maximum atomic E-state index is 13.2. The number of carbonyl (C=O) groups is 2. The summed E-state index contributed by atoms with van der Waals surface area (Å²) in [5, 5.41) is 3.36. The summed E-state index contributed by atoms with van der Waals surface area (Å²) in [6.07, 6.45) is 7.18. The molecule has 0 atom stereocenters. The number of nitrogens with one attached hydrogen (secondary N) is 1. The minimum absolute atomic E-state index is 0.0822. The van der Waals surface area contributed by atoms with Gasteiger partial charge in [0.2, 0.25) is 0 Å². The highest BCUT2D eigenvalue weighted by molar-refractivity contribution is 6.28. The number of aryl methyl sites for hydroxylation is 1. The Labute approximate surface area is 214 Å². The van der Waals surface area contributed by atoms with Gasteiger partial charge in [0, 0.05) is 62.9 Å². The summed E-state index contributed by atoms with van der Waals surface area (Å²) in [4.78, 5) is 26.5. The Kier molecular flexibility index (Phi) is 11.1. The number of ketones is 2. The predicted octanol–water partition coefficient (Wildman–Crippen LogP) is 5.38. The molecule has 0 saturated carbocycles. The molecule has 0 amide bonds. The van der Waals surface area contributed by atoms with Gasteiger partial charge in [-0.15, -0.1) is 0 Å². The fourth-order valence-electron chi connectivity index (χ4n) is 4.61. The summed E-state index contributed by atoms with van der Waals surface area (Å²) in [6.45, 7) is 0.763. The van der Waals surface area contributed by atoms with E-state index < -0.39 is 0 Å². The average molecular weight is 498 g/mol. The van der Waals surface area contributed by atoms with Crippen molar-refractivity contribution >= 4 is 17.3 Å². The van der Waals surface area contributed by atoms with Crippen LogP contribution in [0.1, 0.15) is 82.4 Å².